The van der Waals surface area contributed by atoms with E-state index in [9.17, 15) is 9.59 Å². The van der Waals surface area contributed by atoms with Crippen LogP contribution in [0.4, 0.5) is 11.4 Å². The highest BCUT2D eigenvalue weighted by molar-refractivity contribution is 8.00. The van der Waals surface area contributed by atoms with Crippen molar-refractivity contribution >= 4 is 58.2 Å². The Hall–Kier alpha value is -1.69. The van der Waals surface area contributed by atoms with E-state index < -0.39 is 0 Å². The molecular weight excluding hydrogens is 391 g/mol. The number of carbonyl (C=O) groups is 2. The number of nitrogens with one attached hydrogen (secondary N) is 2. The summed E-state index contributed by atoms with van der Waals surface area (Å²) in [4.78, 5) is 24.5. The van der Waals surface area contributed by atoms with Crippen molar-refractivity contribution in [3.05, 3.63) is 58.1 Å². The maximum Gasteiger partial charge on any atom is 0.237 e. The van der Waals surface area contributed by atoms with Crippen LogP contribution in [0.25, 0.3) is 0 Å². The molecule has 136 valence electrons. The summed E-state index contributed by atoms with van der Waals surface area (Å²) in [7, 11) is 0. The van der Waals surface area contributed by atoms with Crippen LogP contribution in [0.3, 0.4) is 0 Å². The van der Waals surface area contributed by atoms with Crippen LogP contribution in [0.15, 0.2) is 42.5 Å². The highest BCUT2D eigenvalue weighted by Crippen LogP contribution is 2.28. The normalized spacial score (nSPS) is 16.4. The number of amides is 2. The van der Waals surface area contributed by atoms with Gasteiger partial charge in [-0.05, 0) is 42.7 Å². The van der Waals surface area contributed by atoms with Gasteiger partial charge in [-0.1, -0.05) is 41.4 Å². The second kappa shape index (κ2) is 8.80. The second-order valence-electron chi connectivity index (χ2n) is 5.97. The van der Waals surface area contributed by atoms with E-state index in [0.29, 0.717) is 27.9 Å². The van der Waals surface area contributed by atoms with Crippen LogP contribution in [-0.4, -0.2) is 22.8 Å². The third-order valence-corrected chi connectivity index (χ3v) is 5.95. The number of benzene rings is 2. The first kappa shape index (κ1) is 19.1. The third-order valence-electron chi connectivity index (χ3n) is 4.09. The molecule has 26 heavy (non-hydrogen) atoms. The van der Waals surface area contributed by atoms with Crippen LogP contribution in [-0.2, 0) is 16.0 Å². The molecule has 2 aromatic rings. The van der Waals surface area contributed by atoms with Gasteiger partial charge in [0, 0.05) is 22.9 Å². The Morgan fingerprint density at radius 1 is 1.23 bits per heavy atom. The van der Waals surface area contributed by atoms with Crippen molar-refractivity contribution in [1.29, 1.82) is 0 Å². The number of rotatable bonds is 5. The minimum Gasteiger partial charge on any atom is -0.325 e. The fraction of sp³-hybridized carbons (Fsp3) is 0.263. The Kier molecular flexibility index (Phi) is 6.46. The van der Waals surface area contributed by atoms with E-state index in [1.807, 2.05) is 24.3 Å². The van der Waals surface area contributed by atoms with Crippen molar-refractivity contribution in [1.82, 2.24) is 0 Å². The van der Waals surface area contributed by atoms with Gasteiger partial charge in [0.15, 0.2) is 0 Å². The predicted molar refractivity (Wildman–Crippen MR) is 109 cm³/mol. The number of fused-ring (bicyclic) bond motifs is 1. The summed E-state index contributed by atoms with van der Waals surface area (Å²) in [5.41, 5.74) is 2.53. The van der Waals surface area contributed by atoms with Gasteiger partial charge in [0.05, 0.1) is 16.0 Å². The van der Waals surface area contributed by atoms with Gasteiger partial charge in [0.1, 0.15) is 0 Å². The lowest BCUT2D eigenvalue weighted by molar-refractivity contribution is -0.116. The van der Waals surface area contributed by atoms with Crippen LogP contribution in [0, 0.1) is 0 Å². The lowest BCUT2D eigenvalue weighted by atomic mass is 10.1. The first-order chi connectivity index (χ1) is 12.5. The Bertz CT molecular complexity index is 829. The van der Waals surface area contributed by atoms with Crippen molar-refractivity contribution in [3.8, 4) is 0 Å². The van der Waals surface area contributed by atoms with Gasteiger partial charge in [0.25, 0.3) is 0 Å². The zero-order valence-electron chi connectivity index (χ0n) is 13.9. The molecule has 3 rings (SSSR count). The minimum absolute atomic E-state index is 0.00163. The van der Waals surface area contributed by atoms with Gasteiger partial charge in [-0.25, -0.2) is 0 Å². The average molecular weight is 409 g/mol. The zero-order valence-corrected chi connectivity index (χ0v) is 16.3. The fourth-order valence-electron chi connectivity index (χ4n) is 2.75. The summed E-state index contributed by atoms with van der Waals surface area (Å²) in [6.07, 6.45) is 1.90. The van der Waals surface area contributed by atoms with Crippen molar-refractivity contribution in [2.75, 3.05) is 16.4 Å². The minimum atomic E-state index is -0.162. The standard InChI is InChI=1S/C19H18Cl2N2O2S/c20-13-6-7-14(21)16(11-13)22-18(24)9-10-26-17-8-5-12-3-1-2-4-15(12)23-19(17)25/h1-4,6-7,11,17H,5,8-10H2,(H,22,24)(H,23,25)/t17-/m1/s1. The quantitative estimate of drug-likeness (QED) is 0.730. The maximum absolute atomic E-state index is 12.4. The first-order valence-corrected chi connectivity index (χ1v) is 10.1. The Labute approximate surface area is 166 Å². The molecule has 1 atom stereocenters. The van der Waals surface area contributed by atoms with E-state index in [1.165, 1.54) is 11.8 Å². The Morgan fingerprint density at radius 3 is 2.88 bits per heavy atom. The molecule has 0 saturated carbocycles. The number of anilines is 2. The highest BCUT2D eigenvalue weighted by Gasteiger charge is 2.23. The van der Waals surface area contributed by atoms with E-state index in [0.717, 1.165) is 24.1 Å². The topological polar surface area (TPSA) is 58.2 Å². The molecule has 0 bridgehead atoms. The van der Waals surface area contributed by atoms with Gasteiger partial charge in [0.2, 0.25) is 11.8 Å². The van der Waals surface area contributed by atoms with Gasteiger partial charge in [-0.2, -0.15) is 0 Å². The highest BCUT2D eigenvalue weighted by atomic mass is 35.5. The van der Waals surface area contributed by atoms with Gasteiger partial charge >= 0.3 is 0 Å². The summed E-state index contributed by atoms with van der Waals surface area (Å²) < 4.78 is 0. The van der Waals surface area contributed by atoms with E-state index in [4.69, 9.17) is 23.2 Å². The predicted octanol–water partition coefficient (Wildman–Crippen LogP) is 5.01. The van der Waals surface area contributed by atoms with E-state index in [-0.39, 0.29) is 17.1 Å². The maximum atomic E-state index is 12.4. The molecule has 2 amide bonds. The number of para-hydroxylation sites is 1. The molecule has 1 aliphatic heterocycles. The number of hydrogen-bond acceptors (Lipinski definition) is 3. The SMILES string of the molecule is O=C(CCS[C@@H]1CCc2ccccc2NC1=O)Nc1cc(Cl)ccc1Cl. The molecule has 0 aliphatic carbocycles. The van der Waals surface area contributed by atoms with E-state index in [1.54, 1.807) is 18.2 Å². The monoisotopic (exact) mass is 408 g/mol. The fourth-order valence-corrected chi connectivity index (χ4v) is 4.17. The molecule has 0 fully saturated rings. The average Bonchev–Trinajstić information content (AvgIpc) is 2.77. The summed E-state index contributed by atoms with van der Waals surface area (Å²) >= 11 is 13.5. The third kappa shape index (κ3) is 4.93. The number of thioether (sulfide) groups is 1. The lowest BCUT2D eigenvalue weighted by Gasteiger charge is -2.13. The van der Waals surface area contributed by atoms with Crippen molar-refractivity contribution < 1.29 is 9.59 Å². The largest absolute Gasteiger partial charge is 0.325 e. The Balaban J connectivity index is 1.49. The van der Waals surface area contributed by atoms with Gasteiger partial charge < -0.3 is 10.6 Å². The van der Waals surface area contributed by atoms with Crippen LogP contribution in [0.1, 0.15) is 18.4 Å². The van der Waals surface area contributed by atoms with Crippen molar-refractivity contribution in [3.63, 3.8) is 0 Å². The van der Waals surface area contributed by atoms with Gasteiger partial charge in [-0.15, -0.1) is 11.8 Å². The van der Waals surface area contributed by atoms with Crippen LogP contribution in [0.5, 0.6) is 0 Å². The molecular formula is C19H18Cl2N2O2S. The molecule has 0 saturated heterocycles. The zero-order chi connectivity index (χ0) is 18.5. The smallest absolute Gasteiger partial charge is 0.237 e. The molecule has 0 spiro atoms. The summed E-state index contributed by atoms with van der Waals surface area (Å²) in [5.74, 6) is 0.399. The molecule has 1 heterocycles. The summed E-state index contributed by atoms with van der Waals surface area (Å²) in [5, 5.41) is 6.52. The molecule has 7 heteroatoms. The first-order valence-electron chi connectivity index (χ1n) is 8.28. The molecule has 0 aromatic heterocycles. The summed E-state index contributed by atoms with van der Waals surface area (Å²) in [6, 6.07) is 12.8. The molecule has 0 radical (unpaired) electrons. The van der Waals surface area contributed by atoms with Crippen LogP contribution >= 0.6 is 35.0 Å². The molecule has 2 aromatic carbocycles. The molecule has 2 N–H and O–H groups in total. The van der Waals surface area contributed by atoms with Gasteiger partial charge in [-0.3, -0.25) is 9.59 Å². The number of halogens is 2. The van der Waals surface area contributed by atoms with E-state index >= 15 is 0 Å². The lowest BCUT2D eigenvalue weighted by Crippen LogP contribution is -2.24. The number of aryl methyl sites for hydroxylation is 1. The van der Waals surface area contributed by atoms with Crippen molar-refractivity contribution in [2.24, 2.45) is 0 Å². The van der Waals surface area contributed by atoms with Crippen molar-refractivity contribution in [2.45, 2.75) is 24.5 Å². The Morgan fingerprint density at radius 2 is 2.04 bits per heavy atom. The number of carbonyl (C=O) groups excluding carboxylic acids is 2. The van der Waals surface area contributed by atoms with E-state index in [2.05, 4.69) is 10.6 Å². The van der Waals surface area contributed by atoms with Crippen LogP contribution in [0.2, 0.25) is 10.0 Å². The second-order valence-corrected chi connectivity index (χ2v) is 8.12. The number of hydrogen-bond donors (Lipinski definition) is 2. The molecule has 4 nitrogen and oxygen atoms in total. The summed E-state index contributed by atoms with van der Waals surface area (Å²) in [6.45, 7) is 0. The molecule has 1 aliphatic rings. The van der Waals surface area contributed by atoms with Crippen LogP contribution < -0.4 is 10.6 Å². The molecule has 0 unspecified atom stereocenters.